The summed E-state index contributed by atoms with van der Waals surface area (Å²) in [5, 5.41) is 11.9. The lowest BCUT2D eigenvalue weighted by atomic mass is 10.1. The Hall–Kier alpha value is -0.860. The minimum Gasteiger partial charge on any atom is -0.385 e. The van der Waals surface area contributed by atoms with Crippen LogP contribution in [-0.2, 0) is 9.53 Å². The zero-order valence-corrected chi connectivity index (χ0v) is 11.4. The molecule has 0 aromatic heterocycles. The average molecular weight is 298 g/mol. The molecule has 0 bridgehead atoms. The minimum atomic E-state index is -4.65. The second-order valence-electron chi connectivity index (χ2n) is 4.86. The second kappa shape index (κ2) is 7.80. The smallest absolute Gasteiger partial charge is 0.385 e. The summed E-state index contributed by atoms with van der Waals surface area (Å²) in [6.45, 7) is 1.21. The number of carbonyl (C=O) groups excluding carboxylic acids is 1. The number of aliphatic hydroxyl groups excluding tert-OH is 1. The molecule has 0 aromatic rings. The van der Waals surface area contributed by atoms with Crippen molar-refractivity contribution in [3.63, 3.8) is 0 Å². The fraction of sp³-hybridized carbons (Fsp3) is 0.917. The van der Waals surface area contributed by atoms with E-state index < -0.39 is 18.3 Å². The molecule has 0 aromatic carbocycles. The van der Waals surface area contributed by atoms with E-state index >= 15 is 0 Å². The van der Waals surface area contributed by atoms with Crippen LogP contribution in [0.25, 0.3) is 0 Å². The maximum Gasteiger partial charge on any atom is 0.415 e. The van der Waals surface area contributed by atoms with E-state index in [1.165, 1.54) is 4.90 Å². The Kier molecular flexibility index (Phi) is 6.70. The van der Waals surface area contributed by atoms with Gasteiger partial charge >= 0.3 is 6.18 Å². The predicted octanol–water partition coefficient (Wildman–Crippen LogP) is 0.527. The average Bonchev–Trinajstić information content (AvgIpc) is 2.80. The van der Waals surface area contributed by atoms with Crippen LogP contribution >= 0.6 is 0 Å². The Morgan fingerprint density at radius 3 is 2.85 bits per heavy atom. The molecule has 2 atom stereocenters. The number of hydrogen-bond donors (Lipinski definition) is 2. The van der Waals surface area contributed by atoms with Crippen LogP contribution in [0.15, 0.2) is 0 Å². The van der Waals surface area contributed by atoms with Gasteiger partial charge in [-0.3, -0.25) is 9.69 Å². The number of halogens is 3. The number of hydrogen-bond acceptors (Lipinski definition) is 4. The van der Waals surface area contributed by atoms with Crippen molar-refractivity contribution in [3.8, 4) is 0 Å². The van der Waals surface area contributed by atoms with E-state index in [4.69, 9.17) is 4.74 Å². The van der Waals surface area contributed by atoms with Gasteiger partial charge in [0, 0.05) is 26.3 Å². The quantitative estimate of drug-likeness (QED) is 0.673. The first kappa shape index (κ1) is 17.2. The van der Waals surface area contributed by atoms with Crippen molar-refractivity contribution in [2.75, 3.05) is 33.4 Å². The van der Waals surface area contributed by atoms with E-state index in [0.29, 0.717) is 32.5 Å². The molecule has 1 aliphatic rings. The maximum atomic E-state index is 12.5. The molecule has 5 nitrogen and oxygen atoms in total. The number of carbonyl (C=O) groups is 1. The first-order chi connectivity index (χ1) is 9.36. The lowest BCUT2D eigenvalue weighted by Gasteiger charge is -2.29. The van der Waals surface area contributed by atoms with Gasteiger partial charge in [-0.1, -0.05) is 0 Å². The zero-order valence-electron chi connectivity index (χ0n) is 11.4. The van der Waals surface area contributed by atoms with Gasteiger partial charge in [-0.05, 0) is 25.8 Å². The molecule has 2 N–H and O–H groups in total. The van der Waals surface area contributed by atoms with Crippen LogP contribution in [-0.4, -0.2) is 67.6 Å². The van der Waals surface area contributed by atoms with Crippen molar-refractivity contribution in [3.05, 3.63) is 0 Å². The van der Waals surface area contributed by atoms with E-state index in [2.05, 4.69) is 5.32 Å². The second-order valence-corrected chi connectivity index (χ2v) is 4.86. The minimum absolute atomic E-state index is 0.120. The summed E-state index contributed by atoms with van der Waals surface area (Å²) in [4.78, 5) is 13.0. The Labute approximate surface area is 116 Å². The number of rotatable bonds is 7. The van der Waals surface area contributed by atoms with Crippen molar-refractivity contribution >= 4 is 5.91 Å². The third kappa shape index (κ3) is 5.26. The number of nitrogens with one attached hydrogen (secondary N) is 1. The molecule has 1 heterocycles. The van der Waals surface area contributed by atoms with Crippen LogP contribution in [0.5, 0.6) is 0 Å². The topological polar surface area (TPSA) is 61.8 Å². The summed E-state index contributed by atoms with van der Waals surface area (Å²) in [6, 6.07) is -1.03. The van der Waals surface area contributed by atoms with E-state index in [1.807, 2.05) is 0 Å². The van der Waals surface area contributed by atoms with Crippen molar-refractivity contribution in [1.82, 2.24) is 10.2 Å². The van der Waals surface area contributed by atoms with Crippen LogP contribution in [0.4, 0.5) is 13.2 Å². The van der Waals surface area contributed by atoms with Crippen molar-refractivity contribution in [2.45, 2.75) is 37.6 Å². The lowest BCUT2D eigenvalue weighted by molar-refractivity contribution is -0.219. The highest BCUT2D eigenvalue weighted by atomic mass is 19.4. The fourth-order valence-electron chi connectivity index (χ4n) is 2.31. The molecule has 118 valence electrons. The number of amides is 1. The number of likely N-dealkylation sites (tertiary alicyclic amines) is 1. The molecule has 0 radical (unpaired) electrons. The number of ether oxygens (including phenoxy) is 1. The summed E-state index contributed by atoms with van der Waals surface area (Å²) >= 11 is 0. The van der Waals surface area contributed by atoms with Gasteiger partial charge in [0.15, 0.2) is 6.10 Å². The number of aliphatic hydroxyl groups is 1. The molecule has 1 amide bonds. The monoisotopic (exact) mass is 298 g/mol. The van der Waals surface area contributed by atoms with Gasteiger partial charge in [-0.25, -0.2) is 0 Å². The molecule has 8 heteroatoms. The summed E-state index contributed by atoms with van der Waals surface area (Å²) in [6.07, 6.45) is -5.60. The summed E-state index contributed by atoms with van der Waals surface area (Å²) < 4.78 is 42.3. The molecule has 20 heavy (non-hydrogen) atoms. The number of alkyl halides is 3. The molecule has 0 unspecified atom stereocenters. The number of methoxy groups -OCH3 is 1. The van der Waals surface area contributed by atoms with Gasteiger partial charge in [0.05, 0.1) is 6.54 Å². The van der Waals surface area contributed by atoms with Crippen LogP contribution < -0.4 is 5.32 Å². The van der Waals surface area contributed by atoms with Gasteiger partial charge in [0.2, 0.25) is 5.91 Å². The summed E-state index contributed by atoms with van der Waals surface area (Å²) in [7, 11) is 1.55. The zero-order chi connectivity index (χ0) is 15.2. The lowest BCUT2D eigenvalue weighted by Crippen LogP contribution is -2.49. The molecule has 1 rings (SSSR count). The Morgan fingerprint density at radius 1 is 1.55 bits per heavy atom. The van der Waals surface area contributed by atoms with E-state index in [0.717, 1.165) is 0 Å². The summed E-state index contributed by atoms with van der Waals surface area (Å²) in [5.74, 6) is -0.331. The van der Waals surface area contributed by atoms with Crippen molar-refractivity contribution in [2.24, 2.45) is 0 Å². The molecule has 1 saturated heterocycles. The third-order valence-electron chi connectivity index (χ3n) is 3.31. The Balaban J connectivity index is 2.40. The molecule has 0 saturated carbocycles. The maximum absolute atomic E-state index is 12.5. The third-order valence-corrected chi connectivity index (χ3v) is 3.31. The van der Waals surface area contributed by atoms with Crippen molar-refractivity contribution < 1.29 is 27.8 Å². The normalized spacial score (nSPS) is 21.9. The van der Waals surface area contributed by atoms with Gasteiger partial charge in [0.25, 0.3) is 0 Å². The van der Waals surface area contributed by atoms with E-state index in [1.54, 1.807) is 7.11 Å². The van der Waals surface area contributed by atoms with Crippen molar-refractivity contribution in [1.29, 1.82) is 0 Å². The van der Waals surface area contributed by atoms with Gasteiger partial charge in [0.1, 0.15) is 0 Å². The largest absolute Gasteiger partial charge is 0.415 e. The fourth-order valence-corrected chi connectivity index (χ4v) is 2.31. The number of nitrogens with zero attached hydrogens (tertiary/aromatic N) is 1. The van der Waals surface area contributed by atoms with Gasteiger partial charge in [-0.2, -0.15) is 13.2 Å². The SMILES string of the molecule is COCCCNC(=O)CN1CCC[C@H]1[C@@H](O)C(F)(F)F. The Bertz CT molecular complexity index is 313. The van der Waals surface area contributed by atoms with Crippen LogP contribution in [0.3, 0.4) is 0 Å². The molecule has 0 spiro atoms. The first-order valence-electron chi connectivity index (χ1n) is 6.60. The Morgan fingerprint density at radius 2 is 2.25 bits per heavy atom. The van der Waals surface area contributed by atoms with Gasteiger partial charge in [-0.15, -0.1) is 0 Å². The molecular weight excluding hydrogens is 277 g/mol. The van der Waals surface area contributed by atoms with Crippen LogP contribution in [0, 0.1) is 0 Å². The van der Waals surface area contributed by atoms with E-state index in [-0.39, 0.29) is 18.9 Å². The van der Waals surface area contributed by atoms with Crippen LogP contribution in [0.1, 0.15) is 19.3 Å². The molecule has 1 fully saturated rings. The van der Waals surface area contributed by atoms with Crippen LogP contribution in [0.2, 0.25) is 0 Å². The van der Waals surface area contributed by atoms with Gasteiger partial charge < -0.3 is 15.2 Å². The first-order valence-corrected chi connectivity index (χ1v) is 6.60. The highest BCUT2D eigenvalue weighted by Gasteiger charge is 2.47. The molecular formula is C12H21F3N2O3. The molecule has 0 aliphatic carbocycles. The standard InChI is InChI=1S/C12H21F3N2O3/c1-20-7-3-5-16-10(18)8-17-6-2-4-9(17)11(19)12(13,14)15/h9,11,19H,2-8H2,1H3,(H,16,18)/t9-,11+/m0/s1. The molecule has 1 aliphatic heterocycles. The highest BCUT2D eigenvalue weighted by molar-refractivity contribution is 5.78. The predicted molar refractivity (Wildman–Crippen MR) is 66.2 cm³/mol. The summed E-state index contributed by atoms with van der Waals surface area (Å²) in [5.41, 5.74) is 0. The highest BCUT2D eigenvalue weighted by Crippen LogP contribution is 2.30. The van der Waals surface area contributed by atoms with E-state index in [9.17, 15) is 23.1 Å².